The van der Waals surface area contributed by atoms with E-state index in [0.717, 1.165) is 38.8 Å². The Bertz CT molecular complexity index is 867. The van der Waals surface area contributed by atoms with Gasteiger partial charge in [0, 0.05) is 37.8 Å². The van der Waals surface area contributed by atoms with Crippen molar-refractivity contribution < 1.29 is 23.9 Å². The number of nitrogens with zero attached hydrogens (tertiary/aromatic N) is 2. The molecule has 174 valence electrons. The first-order valence-corrected chi connectivity index (χ1v) is 11.8. The molecule has 0 aliphatic carbocycles. The lowest BCUT2D eigenvalue weighted by molar-refractivity contribution is -0.139. The van der Waals surface area contributed by atoms with Crippen LogP contribution in [0.4, 0.5) is 5.69 Å². The maximum absolute atomic E-state index is 13.1. The highest BCUT2D eigenvalue weighted by molar-refractivity contribution is 6.01. The molecule has 3 aliphatic rings. The number of ether oxygens (including phenoxy) is 2. The lowest BCUT2D eigenvalue weighted by Crippen LogP contribution is -2.54. The van der Waals surface area contributed by atoms with Crippen LogP contribution in [0, 0.1) is 11.8 Å². The number of likely N-dealkylation sites (tertiary alicyclic amines) is 1. The molecule has 3 atom stereocenters. The molecule has 3 amide bonds. The fraction of sp³-hybridized carbons (Fsp3) is 0.625. The Morgan fingerprint density at radius 1 is 1.12 bits per heavy atom. The van der Waals surface area contributed by atoms with Crippen molar-refractivity contribution in [1.82, 2.24) is 10.2 Å². The van der Waals surface area contributed by atoms with Crippen LogP contribution in [0.3, 0.4) is 0 Å². The van der Waals surface area contributed by atoms with E-state index in [1.807, 2.05) is 24.8 Å². The number of carbonyl (C=O) groups excluding carboxylic acids is 3. The monoisotopic (exact) mass is 443 g/mol. The lowest BCUT2D eigenvalue weighted by atomic mass is 9.95. The molecule has 0 unspecified atom stereocenters. The summed E-state index contributed by atoms with van der Waals surface area (Å²) in [6, 6.07) is 4.84. The van der Waals surface area contributed by atoms with Crippen molar-refractivity contribution in [3.8, 4) is 11.5 Å². The number of nitrogens with one attached hydrogen (secondary N) is 1. The number of fused-ring (bicyclic) bond motifs is 1. The van der Waals surface area contributed by atoms with Gasteiger partial charge in [-0.1, -0.05) is 20.3 Å². The summed E-state index contributed by atoms with van der Waals surface area (Å²) in [5.74, 6) is 0.474. The van der Waals surface area contributed by atoms with Gasteiger partial charge in [0.25, 0.3) is 0 Å². The van der Waals surface area contributed by atoms with Crippen molar-refractivity contribution in [3.05, 3.63) is 18.2 Å². The second-order valence-corrected chi connectivity index (χ2v) is 8.99. The summed E-state index contributed by atoms with van der Waals surface area (Å²) >= 11 is 0. The van der Waals surface area contributed by atoms with Crippen molar-refractivity contribution >= 4 is 23.4 Å². The van der Waals surface area contributed by atoms with Gasteiger partial charge in [0.05, 0.1) is 5.92 Å². The summed E-state index contributed by atoms with van der Waals surface area (Å²) in [7, 11) is 0. The maximum atomic E-state index is 13.1. The number of anilines is 1. The molecule has 32 heavy (non-hydrogen) atoms. The van der Waals surface area contributed by atoms with Crippen molar-refractivity contribution in [2.24, 2.45) is 11.8 Å². The van der Waals surface area contributed by atoms with Crippen LogP contribution in [0.5, 0.6) is 11.5 Å². The molecule has 0 bridgehead atoms. The van der Waals surface area contributed by atoms with Crippen molar-refractivity contribution in [1.29, 1.82) is 0 Å². The van der Waals surface area contributed by atoms with Crippen LogP contribution in [0.1, 0.15) is 46.0 Å². The number of rotatable bonds is 6. The Balaban J connectivity index is 1.43. The first kappa shape index (κ1) is 22.4. The van der Waals surface area contributed by atoms with Gasteiger partial charge >= 0.3 is 0 Å². The predicted octanol–water partition coefficient (Wildman–Crippen LogP) is 2.35. The van der Waals surface area contributed by atoms with Crippen LogP contribution in [0.15, 0.2) is 18.2 Å². The van der Waals surface area contributed by atoms with Gasteiger partial charge in [-0.3, -0.25) is 14.4 Å². The zero-order chi connectivity index (χ0) is 22.7. The quantitative estimate of drug-likeness (QED) is 0.729. The van der Waals surface area contributed by atoms with Crippen molar-refractivity contribution in [3.63, 3.8) is 0 Å². The molecule has 0 radical (unpaired) electrons. The minimum absolute atomic E-state index is 0.000385. The van der Waals surface area contributed by atoms with E-state index in [9.17, 15) is 14.4 Å². The molecule has 0 spiro atoms. The number of hydrogen-bond acceptors (Lipinski definition) is 5. The highest BCUT2D eigenvalue weighted by Gasteiger charge is 2.38. The highest BCUT2D eigenvalue weighted by Crippen LogP contribution is 2.36. The molecule has 1 aromatic rings. The van der Waals surface area contributed by atoms with Gasteiger partial charge in [-0.2, -0.15) is 0 Å². The predicted molar refractivity (Wildman–Crippen MR) is 120 cm³/mol. The largest absolute Gasteiger partial charge is 0.486 e. The van der Waals surface area contributed by atoms with Gasteiger partial charge in [-0.15, -0.1) is 0 Å². The Morgan fingerprint density at radius 2 is 1.84 bits per heavy atom. The Hall–Kier alpha value is -2.77. The van der Waals surface area contributed by atoms with Gasteiger partial charge in [-0.05, 0) is 37.3 Å². The number of carbonyl (C=O) groups is 3. The van der Waals surface area contributed by atoms with Crippen LogP contribution in [-0.4, -0.2) is 61.5 Å². The number of benzene rings is 1. The third-order valence-electron chi connectivity index (χ3n) is 6.78. The second kappa shape index (κ2) is 9.79. The molecule has 1 aromatic carbocycles. The fourth-order valence-electron chi connectivity index (χ4n) is 4.60. The minimum Gasteiger partial charge on any atom is -0.486 e. The van der Waals surface area contributed by atoms with Crippen molar-refractivity contribution in [2.45, 2.75) is 52.0 Å². The molecule has 8 heteroatoms. The van der Waals surface area contributed by atoms with Crippen molar-refractivity contribution in [2.75, 3.05) is 37.7 Å². The highest BCUT2D eigenvalue weighted by atomic mass is 16.6. The molecule has 0 saturated carbocycles. The van der Waals surface area contributed by atoms with Gasteiger partial charge in [0.15, 0.2) is 11.5 Å². The smallest absolute Gasteiger partial charge is 0.245 e. The lowest BCUT2D eigenvalue weighted by Gasteiger charge is -2.33. The SMILES string of the molecule is CC[C@@H](C)[C@H](NC(=O)[C@H]1CC(=O)N(c2ccc3c(c2)OCCO3)C1)C(=O)N1CCCCC1. The van der Waals surface area contributed by atoms with E-state index < -0.39 is 12.0 Å². The third kappa shape index (κ3) is 4.69. The van der Waals surface area contributed by atoms with E-state index in [-0.39, 0.29) is 36.6 Å². The summed E-state index contributed by atoms with van der Waals surface area (Å²) < 4.78 is 11.2. The Kier molecular flexibility index (Phi) is 6.86. The molecule has 3 aliphatic heterocycles. The third-order valence-corrected chi connectivity index (χ3v) is 6.78. The van der Waals surface area contributed by atoms with E-state index in [0.29, 0.717) is 30.4 Å². The Morgan fingerprint density at radius 3 is 2.56 bits per heavy atom. The molecule has 4 rings (SSSR count). The van der Waals surface area contributed by atoms with Gasteiger partial charge in [-0.25, -0.2) is 0 Å². The minimum atomic E-state index is -0.552. The van der Waals surface area contributed by atoms with E-state index in [2.05, 4.69) is 5.32 Å². The van der Waals surface area contributed by atoms with Crippen LogP contribution in [-0.2, 0) is 14.4 Å². The molecular weight excluding hydrogens is 410 g/mol. The zero-order valence-electron chi connectivity index (χ0n) is 19.0. The summed E-state index contributed by atoms with van der Waals surface area (Å²) in [5.41, 5.74) is 0.692. The van der Waals surface area contributed by atoms with Gasteiger partial charge in [0.2, 0.25) is 17.7 Å². The Labute approximate surface area is 189 Å². The number of hydrogen-bond donors (Lipinski definition) is 1. The molecule has 2 saturated heterocycles. The molecule has 8 nitrogen and oxygen atoms in total. The number of amides is 3. The van der Waals surface area contributed by atoms with Crippen LogP contribution < -0.4 is 19.7 Å². The number of piperidine rings is 1. The first-order chi connectivity index (χ1) is 15.5. The standard InChI is InChI=1S/C24H33N3O5/c1-3-16(2)22(24(30)26-9-5-4-6-10-26)25-23(29)17-13-21(28)27(15-17)18-7-8-19-20(14-18)32-12-11-31-19/h7-8,14,16-17,22H,3-6,9-13,15H2,1-2H3,(H,25,29)/t16-,17+,22+/m1/s1. The zero-order valence-corrected chi connectivity index (χ0v) is 19.0. The van der Waals surface area contributed by atoms with E-state index in [4.69, 9.17) is 9.47 Å². The summed E-state index contributed by atoms with van der Waals surface area (Å²) in [4.78, 5) is 42.5. The summed E-state index contributed by atoms with van der Waals surface area (Å²) in [5, 5.41) is 3.00. The second-order valence-electron chi connectivity index (χ2n) is 8.99. The summed E-state index contributed by atoms with van der Waals surface area (Å²) in [6.07, 6.45) is 4.08. The van der Waals surface area contributed by atoms with Crippen LogP contribution >= 0.6 is 0 Å². The van der Waals surface area contributed by atoms with E-state index in [1.54, 1.807) is 17.0 Å². The first-order valence-electron chi connectivity index (χ1n) is 11.8. The molecular formula is C24H33N3O5. The van der Waals surface area contributed by atoms with Crippen LogP contribution in [0.2, 0.25) is 0 Å². The molecule has 1 N–H and O–H groups in total. The average molecular weight is 444 g/mol. The normalized spacial score (nSPS) is 22.4. The van der Waals surface area contributed by atoms with Gasteiger partial charge < -0.3 is 24.6 Å². The fourth-order valence-corrected chi connectivity index (χ4v) is 4.60. The van der Waals surface area contributed by atoms with Gasteiger partial charge in [0.1, 0.15) is 19.3 Å². The summed E-state index contributed by atoms with van der Waals surface area (Å²) in [6.45, 7) is 6.78. The van der Waals surface area contributed by atoms with E-state index >= 15 is 0 Å². The van der Waals surface area contributed by atoms with Crippen LogP contribution in [0.25, 0.3) is 0 Å². The van der Waals surface area contributed by atoms with E-state index in [1.165, 1.54) is 0 Å². The topological polar surface area (TPSA) is 88.2 Å². The molecule has 0 aromatic heterocycles. The average Bonchev–Trinajstić information content (AvgIpc) is 3.23. The molecule has 2 fully saturated rings. The maximum Gasteiger partial charge on any atom is 0.245 e. The molecule has 3 heterocycles.